The Bertz CT molecular complexity index is 433. The van der Waals surface area contributed by atoms with Crippen molar-refractivity contribution >= 4 is 17.3 Å². The number of nitrogens with zero attached hydrogens (tertiary/aromatic N) is 4. The van der Waals surface area contributed by atoms with Gasteiger partial charge < -0.3 is 10.3 Å². The highest BCUT2D eigenvalue weighted by Gasteiger charge is 2.30. The summed E-state index contributed by atoms with van der Waals surface area (Å²) in [6.45, 7) is 0. The molecule has 3 N–H and O–H groups in total. The third kappa shape index (κ3) is 1.98. The third-order valence-corrected chi connectivity index (χ3v) is 3.08. The molecule has 92 valence electrons. The summed E-state index contributed by atoms with van der Waals surface area (Å²) in [4.78, 5) is 20.1. The molecule has 0 amide bonds. The molecule has 1 aromatic heterocycles. The molecule has 0 unspecified atom stereocenters. The van der Waals surface area contributed by atoms with Crippen molar-refractivity contribution in [3.63, 3.8) is 0 Å². The standard InChI is InChI=1S/C9H14N6O2/c1-14(6-3-2-4-6)9-7(15(16)17)8(13-10)11-5-12-9/h5-6H,2-4,10H2,1H3,(H,11,12,13). The summed E-state index contributed by atoms with van der Waals surface area (Å²) < 4.78 is 0. The molecule has 1 aliphatic carbocycles. The van der Waals surface area contributed by atoms with Crippen molar-refractivity contribution in [1.29, 1.82) is 0 Å². The van der Waals surface area contributed by atoms with Crippen LogP contribution in [0.15, 0.2) is 6.33 Å². The van der Waals surface area contributed by atoms with E-state index in [1.54, 1.807) is 7.05 Å². The van der Waals surface area contributed by atoms with Gasteiger partial charge >= 0.3 is 5.69 Å². The van der Waals surface area contributed by atoms with Gasteiger partial charge in [-0.05, 0) is 19.3 Å². The van der Waals surface area contributed by atoms with Crippen molar-refractivity contribution < 1.29 is 4.92 Å². The maximum absolute atomic E-state index is 11.0. The quantitative estimate of drug-likeness (QED) is 0.450. The second-order valence-electron chi connectivity index (χ2n) is 3.99. The first-order valence-electron chi connectivity index (χ1n) is 5.34. The molecular formula is C9H14N6O2. The molecule has 17 heavy (non-hydrogen) atoms. The van der Waals surface area contributed by atoms with Crippen LogP contribution >= 0.6 is 0 Å². The van der Waals surface area contributed by atoms with Gasteiger partial charge in [0.05, 0.1) is 4.92 Å². The van der Waals surface area contributed by atoms with Crippen molar-refractivity contribution in [2.75, 3.05) is 17.4 Å². The zero-order valence-corrected chi connectivity index (χ0v) is 9.46. The fraction of sp³-hybridized carbons (Fsp3) is 0.556. The Morgan fingerprint density at radius 3 is 2.76 bits per heavy atom. The van der Waals surface area contributed by atoms with Crippen LogP contribution in [0.25, 0.3) is 0 Å². The summed E-state index contributed by atoms with van der Waals surface area (Å²) >= 11 is 0. The molecule has 0 radical (unpaired) electrons. The maximum Gasteiger partial charge on any atom is 0.354 e. The van der Waals surface area contributed by atoms with Crippen LogP contribution in [-0.4, -0.2) is 28.0 Å². The van der Waals surface area contributed by atoms with E-state index in [0.29, 0.717) is 11.9 Å². The number of nitro groups is 1. The molecule has 1 heterocycles. The minimum absolute atomic E-state index is 0.0335. The van der Waals surface area contributed by atoms with Crippen LogP contribution in [-0.2, 0) is 0 Å². The second kappa shape index (κ2) is 4.50. The average Bonchev–Trinajstić information content (AvgIpc) is 2.25. The van der Waals surface area contributed by atoms with Gasteiger partial charge in [-0.25, -0.2) is 15.8 Å². The van der Waals surface area contributed by atoms with E-state index in [1.165, 1.54) is 6.33 Å². The van der Waals surface area contributed by atoms with Crippen LogP contribution in [0.2, 0.25) is 0 Å². The zero-order valence-electron chi connectivity index (χ0n) is 9.46. The molecular weight excluding hydrogens is 224 g/mol. The van der Waals surface area contributed by atoms with Gasteiger partial charge in [-0.3, -0.25) is 10.1 Å². The molecule has 1 aliphatic rings. The topological polar surface area (TPSA) is 110 Å². The molecule has 0 spiro atoms. The van der Waals surface area contributed by atoms with E-state index in [4.69, 9.17) is 5.84 Å². The van der Waals surface area contributed by atoms with E-state index < -0.39 is 4.92 Å². The number of nitrogens with two attached hydrogens (primary N) is 1. The average molecular weight is 238 g/mol. The molecule has 1 aromatic rings. The van der Waals surface area contributed by atoms with E-state index in [-0.39, 0.29) is 11.5 Å². The number of hydrogen-bond donors (Lipinski definition) is 2. The number of nitrogens with one attached hydrogen (secondary N) is 1. The lowest BCUT2D eigenvalue weighted by Gasteiger charge is -2.35. The molecule has 8 nitrogen and oxygen atoms in total. The van der Waals surface area contributed by atoms with Gasteiger partial charge in [-0.15, -0.1) is 0 Å². The van der Waals surface area contributed by atoms with Crippen molar-refractivity contribution in [3.05, 3.63) is 16.4 Å². The Balaban J connectivity index is 2.40. The first-order chi connectivity index (χ1) is 8.15. The van der Waals surface area contributed by atoms with E-state index >= 15 is 0 Å². The van der Waals surface area contributed by atoms with E-state index in [2.05, 4.69) is 15.4 Å². The van der Waals surface area contributed by atoms with Gasteiger partial charge in [0.1, 0.15) is 6.33 Å². The van der Waals surface area contributed by atoms with Crippen LogP contribution in [0, 0.1) is 10.1 Å². The number of rotatable bonds is 4. The largest absolute Gasteiger partial charge is 0.354 e. The van der Waals surface area contributed by atoms with Gasteiger partial charge in [-0.1, -0.05) is 0 Å². The van der Waals surface area contributed by atoms with Gasteiger partial charge in [0.2, 0.25) is 11.6 Å². The molecule has 8 heteroatoms. The van der Waals surface area contributed by atoms with Crippen LogP contribution in [0.1, 0.15) is 19.3 Å². The van der Waals surface area contributed by atoms with Crippen molar-refractivity contribution in [2.45, 2.75) is 25.3 Å². The maximum atomic E-state index is 11.0. The predicted molar refractivity (Wildman–Crippen MR) is 62.5 cm³/mol. The molecule has 0 aromatic carbocycles. The summed E-state index contributed by atoms with van der Waals surface area (Å²) in [7, 11) is 1.81. The Morgan fingerprint density at radius 2 is 2.29 bits per heavy atom. The van der Waals surface area contributed by atoms with Crippen LogP contribution in [0.3, 0.4) is 0 Å². The van der Waals surface area contributed by atoms with Crippen molar-refractivity contribution in [3.8, 4) is 0 Å². The minimum atomic E-state index is -0.514. The fourth-order valence-corrected chi connectivity index (χ4v) is 1.85. The first kappa shape index (κ1) is 11.5. The van der Waals surface area contributed by atoms with E-state index in [0.717, 1.165) is 19.3 Å². The lowest BCUT2D eigenvalue weighted by atomic mass is 9.92. The van der Waals surface area contributed by atoms with Gasteiger partial charge in [0.15, 0.2) is 0 Å². The Kier molecular flexibility index (Phi) is 3.05. The normalized spacial score (nSPS) is 15.2. The van der Waals surface area contributed by atoms with E-state index in [1.807, 2.05) is 4.90 Å². The third-order valence-electron chi connectivity index (χ3n) is 3.08. The zero-order chi connectivity index (χ0) is 12.4. The highest BCUT2D eigenvalue weighted by atomic mass is 16.6. The highest BCUT2D eigenvalue weighted by Crippen LogP contribution is 2.35. The van der Waals surface area contributed by atoms with Crippen molar-refractivity contribution in [2.24, 2.45) is 5.84 Å². The van der Waals surface area contributed by atoms with Crippen LogP contribution in [0.5, 0.6) is 0 Å². The van der Waals surface area contributed by atoms with Gasteiger partial charge in [-0.2, -0.15) is 0 Å². The molecule has 2 rings (SSSR count). The fourth-order valence-electron chi connectivity index (χ4n) is 1.85. The summed E-state index contributed by atoms with van der Waals surface area (Å²) in [5.74, 6) is 5.56. The SMILES string of the molecule is CN(c1ncnc(NN)c1[N+](=O)[O-])C1CCC1. The number of hydrogen-bond acceptors (Lipinski definition) is 7. The molecule has 0 bridgehead atoms. The molecule has 0 aliphatic heterocycles. The highest BCUT2D eigenvalue weighted by molar-refractivity contribution is 5.70. The number of nitrogen functional groups attached to an aromatic ring is 1. The van der Waals surface area contributed by atoms with Gasteiger partial charge in [0, 0.05) is 13.1 Å². The second-order valence-corrected chi connectivity index (χ2v) is 3.99. The summed E-state index contributed by atoms with van der Waals surface area (Å²) in [5, 5.41) is 11.0. The summed E-state index contributed by atoms with van der Waals surface area (Å²) in [6, 6.07) is 0.314. The number of hydrazine groups is 1. The van der Waals surface area contributed by atoms with Crippen LogP contribution in [0.4, 0.5) is 17.3 Å². The monoisotopic (exact) mass is 238 g/mol. The molecule has 0 saturated heterocycles. The first-order valence-corrected chi connectivity index (χ1v) is 5.34. The predicted octanol–water partition coefficient (Wildman–Crippen LogP) is 0.659. The molecule has 1 fully saturated rings. The Labute approximate surface area is 98.0 Å². The Morgan fingerprint density at radius 1 is 1.59 bits per heavy atom. The summed E-state index contributed by atoms with van der Waals surface area (Å²) in [6.07, 6.45) is 4.48. The Hall–Kier alpha value is -1.96. The lowest BCUT2D eigenvalue weighted by Crippen LogP contribution is -2.38. The van der Waals surface area contributed by atoms with Gasteiger partial charge in [0.25, 0.3) is 0 Å². The smallest absolute Gasteiger partial charge is 0.351 e. The molecule has 0 atom stereocenters. The summed E-state index contributed by atoms with van der Waals surface area (Å²) in [5.41, 5.74) is 2.05. The number of aromatic nitrogens is 2. The molecule has 1 saturated carbocycles. The van der Waals surface area contributed by atoms with Crippen molar-refractivity contribution in [1.82, 2.24) is 9.97 Å². The van der Waals surface area contributed by atoms with Crippen LogP contribution < -0.4 is 16.2 Å². The minimum Gasteiger partial charge on any atom is -0.351 e. The number of anilines is 2. The lowest BCUT2D eigenvalue weighted by molar-refractivity contribution is -0.383. The van der Waals surface area contributed by atoms with E-state index in [9.17, 15) is 10.1 Å².